The number of benzene rings is 1. The first-order chi connectivity index (χ1) is 9.89. The van der Waals surface area contributed by atoms with Crippen LogP contribution in [0, 0.1) is 5.41 Å². The minimum atomic E-state index is -0.108. The Morgan fingerprint density at radius 1 is 1.29 bits per heavy atom. The molecule has 0 bridgehead atoms. The van der Waals surface area contributed by atoms with Crippen molar-refractivity contribution < 1.29 is 0 Å². The number of halogens is 2. The molecule has 0 amide bonds. The summed E-state index contributed by atoms with van der Waals surface area (Å²) in [6.45, 7) is 6.70. The fourth-order valence-electron chi connectivity index (χ4n) is 3.41. The molecule has 3 rings (SSSR count). The lowest BCUT2D eigenvalue weighted by molar-refractivity contribution is 0.194. The number of nitrogens with zero attached hydrogens (tertiary/aromatic N) is 2. The van der Waals surface area contributed by atoms with Gasteiger partial charge in [-0.25, -0.2) is 4.98 Å². The molecule has 1 aliphatic rings. The van der Waals surface area contributed by atoms with E-state index in [1.807, 2.05) is 19.1 Å². The standard InChI is InChI=1S/C17H22Cl2N2/c1-11(18)16-20-15-13(19)5-4-6-14(15)21(16)12-7-9-17(2,3)10-8-12/h4-6,11-12H,7-10H2,1-3H3. The van der Waals surface area contributed by atoms with Gasteiger partial charge in [-0.1, -0.05) is 31.5 Å². The van der Waals surface area contributed by atoms with Gasteiger partial charge in [0.05, 0.1) is 15.9 Å². The summed E-state index contributed by atoms with van der Waals surface area (Å²) in [5.41, 5.74) is 2.46. The lowest BCUT2D eigenvalue weighted by Crippen LogP contribution is -2.24. The van der Waals surface area contributed by atoms with Crippen LogP contribution in [0.4, 0.5) is 0 Å². The van der Waals surface area contributed by atoms with Gasteiger partial charge in [-0.2, -0.15) is 0 Å². The molecular weight excluding hydrogens is 303 g/mol. The fraction of sp³-hybridized carbons (Fsp3) is 0.588. The Morgan fingerprint density at radius 2 is 1.95 bits per heavy atom. The predicted molar refractivity (Wildman–Crippen MR) is 90.3 cm³/mol. The van der Waals surface area contributed by atoms with Gasteiger partial charge in [-0.05, 0) is 50.2 Å². The van der Waals surface area contributed by atoms with Crippen LogP contribution in [-0.2, 0) is 0 Å². The average molecular weight is 325 g/mol. The van der Waals surface area contributed by atoms with Gasteiger partial charge >= 0.3 is 0 Å². The highest BCUT2D eigenvalue weighted by Crippen LogP contribution is 2.43. The van der Waals surface area contributed by atoms with Crippen molar-refractivity contribution in [1.29, 1.82) is 0 Å². The molecule has 2 nitrogen and oxygen atoms in total. The molecule has 1 aromatic heterocycles. The monoisotopic (exact) mass is 324 g/mol. The highest BCUT2D eigenvalue weighted by molar-refractivity contribution is 6.35. The van der Waals surface area contributed by atoms with Crippen LogP contribution in [0.25, 0.3) is 11.0 Å². The highest BCUT2D eigenvalue weighted by Gasteiger charge is 2.30. The minimum absolute atomic E-state index is 0.108. The van der Waals surface area contributed by atoms with Gasteiger partial charge in [-0.15, -0.1) is 11.6 Å². The highest BCUT2D eigenvalue weighted by atomic mass is 35.5. The molecule has 1 atom stereocenters. The van der Waals surface area contributed by atoms with E-state index in [4.69, 9.17) is 28.2 Å². The summed E-state index contributed by atoms with van der Waals surface area (Å²) in [6, 6.07) is 6.49. The quantitative estimate of drug-likeness (QED) is 0.607. The SMILES string of the molecule is CC(Cl)c1nc2c(Cl)cccc2n1C1CCC(C)(C)CC1. The third-order valence-corrected chi connectivity index (χ3v) is 5.23. The predicted octanol–water partition coefficient (Wildman–Crippen LogP) is 6.13. The van der Waals surface area contributed by atoms with E-state index in [0.29, 0.717) is 16.5 Å². The number of hydrogen-bond donors (Lipinski definition) is 0. The van der Waals surface area contributed by atoms with Gasteiger partial charge in [0.25, 0.3) is 0 Å². The Morgan fingerprint density at radius 3 is 2.57 bits per heavy atom. The van der Waals surface area contributed by atoms with Crippen LogP contribution >= 0.6 is 23.2 Å². The van der Waals surface area contributed by atoms with Crippen LogP contribution in [-0.4, -0.2) is 9.55 Å². The van der Waals surface area contributed by atoms with Crippen LogP contribution in [0.3, 0.4) is 0 Å². The number of aromatic nitrogens is 2. The first-order valence-electron chi connectivity index (χ1n) is 7.69. The summed E-state index contributed by atoms with van der Waals surface area (Å²) >= 11 is 12.7. The van der Waals surface area contributed by atoms with E-state index in [1.165, 1.54) is 25.7 Å². The summed E-state index contributed by atoms with van der Waals surface area (Å²) in [5, 5.41) is 0.601. The molecule has 1 fully saturated rings. The van der Waals surface area contributed by atoms with E-state index >= 15 is 0 Å². The Labute approximate surface area is 136 Å². The first kappa shape index (κ1) is 15.2. The molecule has 4 heteroatoms. The van der Waals surface area contributed by atoms with Crippen molar-refractivity contribution >= 4 is 34.2 Å². The molecule has 1 saturated carbocycles. The van der Waals surface area contributed by atoms with Crippen LogP contribution in [0.15, 0.2) is 18.2 Å². The summed E-state index contributed by atoms with van der Waals surface area (Å²) in [7, 11) is 0. The molecule has 0 aliphatic heterocycles. The van der Waals surface area contributed by atoms with Gasteiger partial charge in [0.1, 0.15) is 11.3 Å². The number of para-hydroxylation sites is 1. The van der Waals surface area contributed by atoms with E-state index < -0.39 is 0 Å². The van der Waals surface area contributed by atoms with Gasteiger partial charge in [0, 0.05) is 6.04 Å². The molecule has 1 heterocycles. The number of hydrogen-bond acceptors (Lipinski definition) is 1. The molecule has 1 aliphatic carbocycles. The van der Waals surface area contributed by atoms with Gasteiger partial charge in [0.15, 0.2) is 0 Å². The number of alkyl halides is 1. The van der Waals surface area contributed by atoms with E-state index in [-0.39, 0.29) is 5.38 Å². The summed E-state index contributed by atoms with van der Waals surface area (Å²) in [6.07, 6.45) is 4.85. The molecule has 2 aromatic rings. The zero-order chi connectivity index (χ0) is 15.2. The van der Waals surface area contributed by atoms with E-state index in [1.54, 1.807) is 0 Å². The molecule has 114 valence electrons. The van der Waals surface area contributed by atoms with Crippen molar-refractivity contribution in [2.45, 2.75) is 57.9 Å². The van der Waals surface area contributed by atoms with Crippen molar-refractivity contribution in [3.63, 3.8) is 0 Å². The van der Waals surface area contributed by atoms with Crippen LogP contribution in [0.2, 0.25) is 5.02 Å². The van der Waals surface area contributed by atoms with Gasteiger partial charge in [0.2, 0.25) is 0 Å². The smallest absolute Gasteiger partial charge is 0.128 e. The molecular formula is C17H22Cl2N2. The van der Waals surface area contributed by atoms with Crippen molar-refractivity contribution in [3.05, 3.63) is 29.0 Å². The average Bonchev–Trinajstić information content (AvgIpc) is 2.80. The van der Waals surface area contributed by atoms with E-state index in [9.17, 15) is 0 Å². The number of fused-ring (bicyclic) bond motifs is 1. The lowest BCUT2D eigenvalue weighted by atomic mass is 9.75. The van der Waals surface area contributed by atoms with Crippen LogP contribution in [0.5, 0.6) is 0 Å². The van der Waals surface area contributed by atoms with Crippen LogP contribution < -0.4 is 0 Å². The number of imidazole rings is 1. The van der Waals surface area contributed by atoms with Crippen LogP contribution in [0.1, 0.15) is 63.7 Å². The second kappa shape index (κ2) is 5.48. The Balaban J connectivity index is 2.08. The second-order valence-corrected chi connectivity index (χ2v) is 8.02. The zero-order valence-corrected chi connectivity index (χ0v) is 14.4. The fourth-order valence-corrected chi connectivity index (χ4v) is 3.77. The molecule has 1 aromatic carbocycles. The summed E-state index contributed by atoms with van der Waals surface area (Å²) < 4.78 is 2.34. The van der Waals surface area contributed by atoms with Crippen molar-refractivity contribution in [3.8, 4) is 0 Å². The van der Waals surface area contributed by atoms with E-state index in [2.05, 4.69) is 24.5 Å². The topological polar surface area (TPSA) is 17.8 Å². The lowest BCUT2D eigenvalue weighted by Gasteiger charge is -2.36. The maximum absolute atomic E-state index is 6.38. The normalized spacial score (nSPS) is 20.8. The third-order valence-electron chi connectivity index (χ3n) is 4.73. The first-order valence-corrected chi connectivity index (χ1v) is 8.51. The van der Waals surface area contributed by atoms with Crippen molar-refractivity contribution in [1.82, 2.24) is 9.55 Å². The summed E-state index contributed by atoms with van der Waals surface area (Å²) in [5.74, 6) is 0.949. The molecule has 0 radical (unpaired) electrons. The molecule has 1 unspecified atom stereocenters. The van der Waals surface area contributed by atoms with Crippen molar-refractivity contribution in [2.75, 3.05) is 0 Å². The third kappa shape index (κ3) is 2.80. The molecule has 0 spiro atoms. The summed E-state index contributed by atoms with van der Waals surface area (Å²) in [4.78, 5) is 4.72. The van der Waals surface area contributed by atoms with E-state index in [0.717, 1.165) is 16.9 Å². The molecule has 0 N–H and O–H groups in total. The molecule has 0 saturated heterocycles. The largest absolute Gasteiger partial charge is 0.324 e. The van der Waals surface area contributed by atoms with Gasteiger partial charge < -0.3 is 4.57 Å². The Bertz CT molecular complexity index is 648. The Hall–Kier alpha value is -0.730. The van der Waals surface area contributed by atoms with Gasteiger partial charge in [-0.3, -0.25) is 0 Å². The zero-order valence-electron chi connectivity index (χ0n) is 12.9. The maximum Gasteiger partial charge on any atom is 0.128 e. The maximum atomic E-state index is 6.38. The number of rotatable bonds is 2. The molecule has 21 heavy (non-hydrogen) atoms. The van der Waals surface area contributed by atoms with Crippen molar-refractivity contribution in [2.24, 2.45) is 5.41 Å². The minimum Gasteiger partial charge on any atom is -0.324 e. The second-order valence-electron chi connectivity index (χ2n) is 6.96. The Kier molecular flexibility index (Phi) is 3.96.